The summed E-state index contributed by atoms with van der Waals surface area (Å²) in [6.45, 7) is 0. The first-order valence-electron chi connectivity index (χ1n) is 21.4. The molecule has 0 saturated carbocycles. The van der Waals surface area contributed by atoms with Crippen molar-refractivity contribution in [1.29, 1.82) is 0 Å². The van der Waals surface area contributed by atoms with Crippen LogP contribution in [0.2, 0.25) is 0 Å². The van der Waals surface area contributed by atoms with Crippen molar-refractivity contribution in [2.45, 2.75) is 12.8 Å². The molecule has 12 aromatic rings. The molecule has 0 radical (unpaired) electrons. The summed E-state index contributed by atoms with van der Waals surface area (Å²) in [4.78, 5) is 2.51. The van der Waals surface area contributed by atoms with E-state index in [9.17, 15) is 0 Å². The Hall–Kier alpha value is -8.08. The van der Waals surface area contributed by atoms with Crippen molar-refractivity contribution in [2.24, 2.45) is 0 Å². The van der Waals surface area contributed by atoms with E-state index in [-0.39, 0.29) is 0 Å². The molecule has 292 valence electrons. The van der Waals surface area contributed by atoms with Crippen molar-refractivity contribution in [3.05, 3.63) is 218 Å². The highest BCUT2D eigenvalue weighted by molar-refractivity contribution is 6.14. The van der Waals surface area contributed by atoms with Gasteiger partial charge in [0, 0.05) is 49.3 Å². The van der Waals surface area contributed by atoms with E-state index in [0.717, 1.165) is 90.5 Å². The first-order valence-corrected chi connectivity index (χ1v) is 21.4. The number of para-hydroxylation sites is 5. The Kier molecular flexibility index (Phi) is 7.70. The molecule has 62 heavy (non-hydrogen) atoms. The van der Waals surface area contributed by atoms with Gasteiger partial charge in [-0.15, -0.1) is 0 Å². The molecule has 4 heteroatoms. The van der Waals surface area contributed by atoms with E-state index in [4.69, 9.17) is 8.83 Å². The molecule has 0 aliphatic heterocycles. The molecule has 0 fully saturated rings. The van der Waals surface area contributed by atoms with Crippen LogP contribution in [0.1, 0.15) is 18.4 Å². The number of benzene rings is 9. The van der Waals surface area contributed by atoms with Gasteiger partial charge in [0.25, 0.3) is 0 Å². The molecule has 9 aromatic carbocycles. The number of fused-ring (bicyclic) bond motifs is 10. The maximum absolute atomic E-state index is 6.48. The molecule has 3 aromatic heterocycles. The Morgan fingerprint density at radius 1 is 0.452 bits per heavy atom. The van der Waals surface area contributed by atoms with Crippen molar-refractivity contribution < 1.29 is 8.83 Å². The summed E-state index contributed by atoms with van der Waals surface area (Å²) in [6.07, 6.45) is 6.44. The number of nitrogens with zero attached hydrogens (tertiary/aromatic N) is 2. The molecular formula is C58H38N2O2. The van der Waals surface area contributed by atoms with Crippen molar-refractivity contribution in [2.75, 3.05) is 4.90 Å². The standard InChI is InChI=1S/C58H38N2O2/c1-2-15-39-36-57-48(34-38(39)14-1)47-35-40(30-33-55(47)62-57)42-16-3-7-21-49(42)59(41-31-28-37(29-32-41)43-20-13-27-56-58(43)46-19-6-12-26-54(46)61-56)52-24-10-11-25-53(52)60-50-22-8-4-17-44(50)45-18-5-9-23-51(45)60/h1-6,8-20,22-36H,7,21H2. The first-order chi connectivity index (χ1) is 30.7. The van der Waals surface area contributed by atoms with Gasteiger partial charge in [0.15, 0.2) is 0 Å². The summed E-state index contributed by atoms with van der Waals surface area (Å²) in [6, 6.07) is 69.9. The lowest BCUT2D eigenvalue weighted by Crippen LogP contribution is -2.21. The zero-order valence-corrected chi connectivity index (χ0v) is 33.8. The van der Waals surface area contributed by atoms with E-state index in [2.05, 4.69) is 204 Å². The summed E-state index contributed by atoms with van der Waals surface area (Å²) >= 11 is 0. The number of aromatic nitrogens is 1. The summed E-state index contributed by atoms with van der Waals surface area (Å²) in [5, 5.41) is 9.39. The van der Waals surface area contributed by atoms with Crippen LogP contribution in [0, 0.1) is 0 Å². The average Bonchev–Trinajstić information content (AvgIpc) is 4.00. The van der Waals surface area contributed by atoms with Gasteiger partial charge in [-0.1, -0.05) is 133 Å². The van der Waals surface area contributed by atoms with E-state index >= 15 is 0 Å². The zero-order chi connectivity index (χ0) is 40.7. The molecule has 1 aliphatic rings. The molecule has 0 bridgehead atoms. The van der Waals surface area contributed by atoms with Crippen molar-refractivity contribution in [3.8, 4) is 16.8 Å². The largest absolute Gasteiger partial charge is 0.456 e. The lowest BCUT2D eigenvalue weighted by molar-refractivity contribution is 0.669. The number of anilines is 2. The van der Waals surface area contributed by atoms with Gasteiger partial charge in [-0.05, 0) is 113 Å². The second kappa shape index (κ2) is 13.7. The fraction of sp³-hybridized carbons (Fsp3) is 0.0345. The minimum absolute atomic E-state index is 0.865. The lowest BCUT2D eigenvalue weighted by Gasteiger charge is -2.33. The summed E-state index contributed by atoms with van der Waals surface area (Å²) < 4.78 is 15.2. The molecule has 0 unspecified atom stereocenters. The zero-order valence-electron chi connectivity index (χ0n) is 33.8. The molecule has 3 heterocycles. The first kappa shape index (κ1) is 34.8. The number of hydrogen-bond acceptors (Lipinski definition) is 3. The second-order valence-electron chi connectivity index (χ2n) is 16.3. The molecule has 0 saturated heterocycles. The highest BCUT2D eigenvalue weighted by atomic mass is 16.3. The van der Waals surface area contributed by atoms with Crippen molar-refractivity contribution in [3.63, 3.8) is 0 Å². The summed E-state index contributed by atoms with van der Waals surface area (Å²) in [7, 11) is 0. The van der Waals surface area contributed by atoms with Crippen LogP contribution in [0.25, 0.3) is 98.8 Å². The SMILES string of the molecule is C1=CC(c2ccc3oc4cc5ccccc5cc4c3c2)=C(N(c2ccc(-c3cccc4oc5ccccc5c34)cc2)c2ccccc2-n2c3ccccc3c3ccccc32)CC1. The molecule has 0 amide bonds. The Morgan fingerprint density at radius 2 is 1.08 bits per heavy atom. The molecule has 0 atom stereocenters. The summed E-state index contributed by atoms with van der Waals surface area (Å²) in [5.41, 5.74) is 15.2. The third-order valence-electron chi connectivity index (χ3n) is 12.8. The van der Waals surface area contributed by atoms with Gasteiger partial charge in [-0.2, -0.15) is 0 Å². The Morgan fingerprint density at radius 3 is 1.90 bits per heavy atom. The van der Waals surface area contributed by atoms with Crippen LogP contribution in [0.3, 0.4) is 0 Å². The minimum atomic E-state index is 0.865. The topological polar surface area (TPSA) is 34.5 Å². The average molecular weight is 795 g/mol. The highest BCUT2D eigenvalue weighted by Crippen LogP contribution is 2.45. The van der Waals surface area contributed by atoms with Gasteiger partial charge in [0.1, 0.15) is 22.3 Å². The van der Waals surface area contributed by atoms with E-state index in [0.29, 0.717) is 0 Å². The van der Waals surface area contributed by atoms with Gasteiger partial charge < -0.3 is 18.3 Å². The predicted molar refractivity (Wildman–Crippen MR) is 259 cm³/mol. The van der Waals surface area contributed by atoms with Gasteiger partial charge >= 0.3 is 0 Å². The lowest BCUT2D eigenvalue weighted by atomic mass is 9.93. The van der Waals surface area contributed by atoms with Crippen LogP contribution in [0.4, 0.5) is 11.4 Å². The van der Waals surface area contributed by atoms with E-state index in [1.54, 1.807) is 0 Å². The van der Waals surface area contributed by atoms with E-state index in [1.165, 1.54) is 43.8 Å². The van der Waals surface area contributed by atoms with Crippen molar-refractivity contribution >= 4 is 93.4 Å². The number of allylic oxidation sites excluding steroid dienone is 4. The van der Waals surface area contributed by atoms with Crippen LogP contribution in [-0.4, -0.2) is 4.57 Å². The van der Waals surface area contributed by atoms with Gasteiger partial charge in [-0.25, -0.2) is 0 Å². The fourth-order valence-electron chi connectivity index (χ4n) is 10.0. The minimum Gasteiger partial charge on any atom is -0.456 e. The maximum Gasteiger partial charge on any atom is 0.136 e. The quantitative estimate of drug-likeness (QED) is 0.168. The number of furan rings is 2. The van der Waals surface area contributed by atoms with Crippen LogP contribution >= 0.6 is 0 Å². The Labute approximate surface area is 357 Å². The Balaban J connectivity index is 1.04. The Bertz CT molecular complexity index is 3770. The molecular weight excluding hydrogens is 757 g/mol. The smallest absolute Gasteiger partial charge is 0.136 e. The second-order valence-corrected chi connectivity index (χ2v) is 16.3. The van der Waals surface area contributed by atoms with Crippen molar-refractivity contribution in [1.82, 2.24) is 4.57 Å². The van der Waals surface area contributed by atoms with Crippen LogP contribution in [-0.2, 0) is 0 Å². The van der Waals surface area contributed by atoms with E-state index in [1.807, 2.05) is 12.1 Å². The van der Waals surface area contributed by atoms with Crippen LogP contribution < -0.4 is 4.90 Å². The molecule has 1 aliphatic carbocycles. The van der Waals surface area contributed by atoms with Crippen LogP contribution in [0.15, 0.2) is 221 Å². The van der Waals surface area contributed by atoms with Gasteiger partial charge in [0.2, 0.25) is 0 Å². The normalized spacial score (nSPS) is 13.2. The third-order valence-corrected chi connectivity index (χ3v) is 12.8. The third kappa shape index (κ3) is 5.33. The summed E-state index contributed by atoms with van der Waals surface area (Å²) in [5.74, 6) is 0. The monoisotopic (exact) mass is 794 g/mol. The predicted octanol–water partition coefficient (Wildman–Crippen LogP) is 16.3. The molecule has 13 rings (SSSR count). The van der Waals surface area contributed by atoms with Crippen LogP contribution in [0.5, 0.6) is 0 Å². The molecule has 4 nitrogen and oxygen atoms in total. The maximum atomic E-state index is 6.48. The van der Waals surface area contributed by atoms with Gasteiger partial charge in [-0.3, -0.25) is 0 Å². The van der Waals surface area contributed by atoms with Gasteiger partial charge in [0.05, 0.1) is 22.4 Å². The number of rotatable bonds is 6. The highest BCUT2D eigenvalue weighted by Gasteiger charge is 2.26. The number of hydrogen-bond donors (Lipinski definition) is 0. The van der Waals surface area contributed by atoms with E-state index < -0.39 is 0 Å². The molecule has 0 N–H and O–H groups in total. The molecule has 0 spiro atoms. The fourth-order valence-corrected chi connectivity index (χ4v) is 10.0.